The number of fused-ring (bicyclic) bond motifs is 1. The monoisotopic (exact) mass is 295 g/mol. The molecule has 1 atom stereocenters. The van der Waals surface area contributed by atoms with Crippen LogP contribution in [-0.2, 0) is 6.42 Å². The summed E-state index contributed by atoms with van der Waals surface area (Å²) in [5.41, 5.74) is 1.41. The molecule has 20 heavy (non-hydrogen) atoms. The third kappa shape index (κ3) is 2.49. The highest BCUT2D eigenvalue weighted by molar-refractivity contribution is 6.32. The largest absolute Gasteiger partial charge is 0.486 e. The summed E-state index contributed by atoms with van der Waals surface area (Å²) in [7, 11) is 0. The minimum atomic E-state index is 0.188. The average Bonchev–Trinajstić information content (AvgIpc) is 2.89. The second kappa shape index (κ2) is 5.45. The van der Waals surface area contributed by atoms with Crippen molar-refractivity contribution in [1.29, 1.82) is 0 Å². The zero-order valence-corrected chi connectivity index (χ0v) is 12.9. The van der Waals surface area contributed by atoms with E-state index in [-0.39, 0.29) is 5.54 Å². The molecule has 0 aliphatic carbocycles. The summed E-state index contributed by atoms with van der Waals surface area (Å²) in [6, 6.07) is 4.11. The lowest BCUT2D eigenvalue weighted by atomic mass is 9.80. The summed E-state index contributed by atoms with van der Waals surface area (Å²) in [5, 5.41) is 4.36. The van der Waals surface area contributed by atoms with E-state index < -0.39 is 0 Å². The summed E-state index contributed by atoms with van der Waals surface area (Å²) < 4.78 is 11.3. The predicted octanol–water partition coefficient (Wildman–Crippen LogP) is 3.43. The highest BCUT2D eigenvalue weighted by Crippen LogP contribution is 2.40. The van der Waals surface area contributed by atoms with Crippen LogP contribution in [0.25, 0.3) is 0 Å². The van der Waals surface area contributed by atoms with Gasteiger partial charge < -0.3 is 14.8 Å². The maximum absolute atomic E-state index is 6.33. The Morgan fingerprint density at radius 2 is 2.10 bits per heavy atom. The molecule has 1 saturated heterocycles. The normalized spacial score (nSPS) is 25.2. The van der Waals surface area contributed by atoms with Gasteiger partial charge in [0.2, 0.25) is 0 Å². The molecule has 3 nitrogen and oxygen atoms in total. The van der Waals surface area contributed by atoms with Gasteiger partial charge in [0.1, 0.15) is 13.2 Å². The van der Waals surface area contributed by atoms with Crippen LogP contribution in [0.3, 0.4) is 0 Å². The fourth-order valence-corrected chi connectivity index (χ4v) is 3.60. The van der Waals surface area contributed by atoms with Crippen LogP contribution in [0.1, 0.15) is 32.3 Å². The number of hydrogen-bond acceptors (Lipinski definition) is 3. The van der Waals surface area contributed by atoms with E-state index in [2.05, 4.69) is 25.2 Å². The minimum absolute atomic E-state index is 0.188. The van der Waals surface area contributed by atoms with Gasteiger partial charge in [-0.1, -0.05) is 25.4 Å². The summed E-state index contributed by atoms with van der Waals surface area (Å²) in [4.78, 5) is 0. The molecular weight excluding hydrogens is 274 g/mol. The fraction of sp³-hybridized carbons (Fsp3) is 0.625. The van der Waals surface area contributed by atoms with Gasteiger partial charge in [0.25, 0.3) is 0 Å². The maximum Gasteiger partial charge on any atom is 0.179 e. The molecule has 0 saturated carbocycles. The summed E-state index contributed by atoms with van der Waals surface area (Å²) in [6.45, 7) is 6.86. The van der Waals surface area contributed by atoms with E-state index >= 15 is 0 Å². The van der Waals surface area contributed by atoms with Crippen LogP contribution in [0.5, 0.6) is 11.5 Å². The van der Waals surface area contributed by atoms with Crippen molar-refractivity contribution in [1.82, 2.24) is 5.32 Å². The number of hydrogen-bond donors (Lipinski definition) is 1. The van der Waals surface area contributed by atoms with Crippen molar-refractivity contribution in [3.63, 3.8) is 0 Å². The summed E-state index contributed by atoms with van der Waals surface area (Å²) >= 11 is 6.33. The van der Waals surface area contributed by atoms with E-state index in [1.807, 2.05) is 6.07 Å². The number of ether oxygens (including phenoxy) is 2. The SMILES string of the molecule is CC(C)C1(Cc2cc(Cl)c3c(c2)OCCO3)CCCN1. The Kier molecular flexibility index (Phi) is 3.83. The quantitative estimate of drug-likeness (QED) is 0.927. The Balaban J connectivity index is 1.89. The Hall–Kier alpha value is -0.930. The van der Waals surface area contributed by atoms with Crippen LogP contribution < -0.4 is 14.8 Å². The van der Waals surface area contributed by atoms with Gasteiger partial charge in [0.05, 0.1) is 5.02 Å². The molecule has 1 unspecified atom stereocenters. The smallest absolute Gasteiger partial charge is 0.179 e. The number of rotatable bonds is 3. The number of nitrogens with one attached hydrogen (secondary N) is 1. The van der Waals surface area contributed by atoms with Crippen LogP contribution >= 0.6 is 11.6 Å². The van der Waals surface area contributed by atoms with Crippen LogP contribution in [0.4, 0.5) is 0 Å². The lowest BCUT2D eigenvalue weighted by Crippen LogP contribution is -2.46. The molecule has 1 N–H and O–H groups in total. The van der Waals surface area contributed by atoms with Crippen LogP contribution in [0.2, 0.25) is 5.02 Å². The van der Waals surface area contributed by atoms with Crippen molar-refractivity contribution < 1.29 is 9.47 Å². The third-order valence-corrected chi connectivity index (χ3v) is 4.84. The van der Waals surface area contributed by atoms with E-state index in [4.69, 9.17) is 21.1 Å². The highest BCUT2D eigenvalue weighted by Gasteiger charge is 2.36. The zero-order valence-electron chi connectivity index (χ0n) is 12.2. The van der Waals surface area contributed by atoms with Crippen LogP contribution in [-0.4, -0.2) is 25.3 Å². The lowest BCUT2D eigenvalue weighted by Gasteiger charge is -2.34. The topological polar surface area (TPSA) is 30.5 Å². The molecule has 0 aromatic heterocycles. The molecule has 4 heteroatoms. The fourth-order valence-electron chi connectivity index (χ4n) is 3.31. The second-order valence-corrected chi connectivity index (χ2v) is 6.53. The van der Waals surface area contributed by atoms with Crippen molar-refractivity contribution in [2.75, 3.05) is 19.8 Å². The van der Waals surface area contributed by atoms with E-state index in [0.29, 0.717) is 29.9 Å². The Bertz CT molecular complexity index is 495. The average molecular weight is 296 g/mol. The number of benzene rings is 1. The van der Waals surface area contributed by atoms with E-state index in [9.17, 15) is 0 Å². The first-order valence-corrected chi connectivity index (χ1v) is 7.81. The van der Waals surface area contributed by atoms with E-state index in [0.717, 1.165) is 18.7 Å². The zero-order chi connectivity index (χ0) is 14.2. The first kappa shape index (κ1) is 14.0. The predicted molar refractivity (Wildman–Crippen MR) is 81.0 cm³/mol. The molecule has 0 amide bonds. The summed E-state index contributed by atoms with van der Waals surface area (Å²) in [5.74, 6) is 2.08. The molecule has 1 aromatic carbocycles. The van der Waals surface area contributed by atoms with E-state index in [1.54, 1.807) is 0 Å². The van der Waals surface area contributed by atoms with Gasteiger partial charge in [-0.25, -0.2) is 0 Å². The van der Waals surface area contributed by atoms with Crippen molar-refractivity contribution in [3.05, 3.63) is 22.7 Å². The van der Waals surface area contributed by atoms with Crippen molar-refractivity contribution in [3.8, 4) is 11.5 Å². The van der Waals surface area contributed by atoms with Gasteiger partial charge in [-0.2, -0.15) is 0 Å². The van der Waals surface area contributed by atoms with Gasteiger partial charge in [0, 0.05) is 5.54 Å². The molecule has 1 aromatic rings. The first-order valence-electron chi connectivity index (χ1n) is 7.44. The van der Waals surface area contributed by atoms with Gasteiger partial charge in [-0.3, -0.25) is 0 Å². The first-order chi connectivity index (χ1) is 9.61. The lowest BCUT2D eigenvalue weighted by molar-refractivity contribution is 0.171. The molecule has 2 aliphatic rings. The van der Waals surface area contributed by atoms with Crippen LogP contribution in [0, 0.1) is 5.92 Å². The Morgan fingerprint density at radius 3 is 2.80 bits per heavy atom. The van der Waals surface area contributed by atoms with Gasteiger partial charge in [-0.05, 0) is 49.4 Å². The number of halogens is 1. The van der Waals surface area contributed by atoms with Gasteiger partial charge in [-0.15, -0.1) is 0 Å². The molecular formula is C16H22ClNO2. The van der Waals surface area contributed by atoms with Crippen molar-refractivity contribution in [2.45, 2.75) is 38.6 Å². The standard InChI is InChI=1S/C16H22ClNO2/c1-11(2)16(4-3-5-18-16)10-12-8-13(17)15-14(9-12)19-6-7-20-15/h8-9,11,18H,3-7,10H2,1-2H3. The molecule has 2 aliphatic heterocycles. The maximum atomic E-state index is 6.33. The molecule has 0 spiro atoms. The Labute approximate surface area is 125 Å². The highest BCUT2D eigenvalue weighted by atomic mass is 35.5. The van der Waals surface area contributed by atoms with Gasteiger partial charge >= 0.3 is 0 Å². The second-order valence-electron chi connectivity index (χ2n) is 6.12. The molecule has 3 rings (SSSR count). The summed E-state index contributed by atoms with van der Waals surface area (Å²) in [6.07, 6.45) is 3.45. The van der Waals surface area contributed by atoms with Gasteiger partial charge in [0.15, 0.2) is 11.5 Å². The minimum Gasteiger partial charge on any atom is -0.486 e. The molecule has 0 radical (unpaired) electrons. The van der Waals surface area contributed by atoms with Crippen molar-refractivity contribution in [2.24, 2.45) is 5.92 Å². The Morgan fingerprint density at radius 1 is 1.30 bits per heavy atom. The molecule has 1 fully saturated rings. The third-order valence-electron chi connectivity index (χ3n) is 4.56. The molecule has 110 valence electrons. The van der Waals surface area contributed by atoms with Crippen LogP contribution in [0.15, 0.2) is 12.1 Å². The molecule has 0 bridgehead atoms. The molecule has 2 heterocycles. The van der Waals surface area contributed by atoms with Crippen molar-refractivity contribution >= 4 is 11.6 Å². The van der Waals surface area contributed by atoms with E-state index in [1.165, 1.54) is 18.4 Å².